The van der Waals surface area contributed by atoms with E-state index in [-0.39, 0.29) is 30.8 Å². The third-order valence-corrected chi connectivity index (χ3v) is 7.93. The van der Waals surface area contributed by atoms with Crippen molar-refractivity contribution in [1.29, 1.82) is 0 Å². The number of amides is 3. The Labute approximate surface area is 204 Å². The molecule has 4 rings (SSSR count). The lowest BCUT2D eigenvalue weighted by atomic mass is 10.2. The highest BCUT2D eigenvalue weighted by atomic mass is 32.2. The molecular formula is C25H28N4O5S. The average Bonchev–Trinajstić information content (AvgIpc) is 3.38. The van der Waals surface area contributed by atoms with Crippen LogP contribution in [0.5, 0.6) is 0 Å². The second kappa shape index (κ2) is 10.3. The van der Waals surface area contributed by atoms with E-state index in [0.29, 0.717) is 30.2 Å². The Hall–Kier alpha value is -3.63. The van der Waals surface area contributed by atoms with E-state index in [2.05, 4.69) is 10.6 Å². The standard InChI is InChI=1S/C25H28N4O5S/c1-18-5-10-23(19(2)16-18)35(32,33)29-13-11-28(12-14-29)25(31)26-17-20-6-8-21(9-7-20)27-24(30)22-4-3-15-34-22/h3-10,15-16H,11-14,17H2,1-2H3,(H,26,31)(H,27,30). The van der Waals surface area contributed by atoms with Gasteiger partial charge in [-0.05, 0) is 55.3 Å². The fraction of sp³-hybridized carbons (Fsp3) is 0.280. The molecule has 1 saturated heterocycles. The summed E-state index contributed by atoms with van der Waals surface area (Å²) in [4.78, 5) is 26.6. The van der Waals surface area contributed by atoms with Crippen molar-refractivity contribution in [3.05, 3.63) is 83.3 Å². The highest BCUT2D eigenvalue weighted by Gasteiger charge is 2.31. The maximum absolute atomic E-state index is 13.0. The first-order valence-electron chi connectivity index (χ1n) is 11.3. The maximum atomic E-state index is 13.0. The van der Waals surface area contributed by atoms with Crippen LogP contribution < -0.4 is 10.6 Å². The molecule has 2 N–H and O–H groups in total. The van der Waals surface area contributed by atoms with Crippen LogP contribution in [0.3, 0.4) is 0 Å². The predicted octanol–water partition coefficient (Wildman–Crippen LogP) is 3.36. The van der Waals surface area contributed by atoms with E-state index in [1.807, 2.05) is 25.1 Å². The Morgan fingerprint density at radius 2 is 1.69 bits per heavy atom. The van der Waals surface area contributed by atoms with Crippen LogP contribution >= 0.6 is 0 Å². The molecule has 3 amide bonds. The largest absolute Gasteiger partial charge is 0.459 e. The Bertz CT molecular complexity index is 1300. The molecule has 10 heteroatoms. The number of hydrogen-bond acceptors (Lipinski definition) is 5. The number of benzene rings is 2. The first-order chi connectivity index (χ1) is 16.7. The van der Waals surface area contributed by atoms with Crippen LogP contribution in [0.4, 0.5) is 10.5 Å². The van der Waals surface area contributed by atoms with Gasteiger partial charge < -0.3 is 20.0 Å². The van der Waals surface area contributed by atoms with Crippen LogP contribution in [0.15, 0.2) is 70.2 Å². The van der Waals surface area contributed by atoms with Crippen LogP contribution in [0.1, 0.15) is 27.2 Å². The molecule has 1 aromatic heterocycles. The van der Waals surface area contributed by atoms with Crippen LogP contribution in [0, 0.1) is 13.8 Å². The van der Waals surface area contributed by atoms with E-state index in [4.69, 9.17) is 4.42 Å². The summed E-state index contributed by atoms with van der Waals surface area (Å²) in [6.45, 7) is 5.15. The molecule has 0 saturated carbocycles. The number of sulfonamides is 1. The fourth-order valence-electron chi connectivity index (χ4n) is 3.96. The number of furan rings is 1. The van der Waals surface area contributed by atoms with E-state index < -0.39 is 10.0 Å². The molecule has 2 aromatic carbocycles. The molecule has 0 bridgehead atoms. The van der Waals surface area contributed by atoms with Crippen molar-refractivity contribution in [2.45, 2.75) is 25.3 Å². The van der Waals surface area contributed by atoms with E-state index in [0.717, 1.165) is 16.7 Å². The molecule has 9 nitrogen and oxygen atoms in total. The van der Waals surface area contributed by atoms with Gasteiger partial charge in [-0.2, -0.15) is 4.31 Å². The zero-order valence-corrected chi connectivity index (χ0v) is 20.5. The van der Waals surface area contributed by atoms with Gasteiger partial charge in [-0.3, -0.25) is 4.79 Å². The Kier molecular flexibility index (Phi) is 7.23. The van der Waals surface area contributed by atoms with Crippen LogP contribution in [-0.4, -0.2) is 55.7 Å². The van der Waals surface area contributed by atoms with Gasteiger partial charge in [0.2, 0.25) is 10.0 Å². The van der Waals surface area contributed by atoms with E-state index in [1.165, 1.54) is 10.6 Å². The maximum Gasteiger partial charge on any atom is 0.317 e. The van der Waals surface area contributed by atoms with Gasteiger partial charge >= 0.3 is 6.03 Å². The number of anilines is 1. The van der Waals surface area contributed by atoms with Crippen molar-refractivity contribution >= 4 is 27.6 Å². The zero-order chi connectivity index (χ0) is 25.0. The summed E-state index contributed by atoms with van der Waals surface area (Å²) in [5.74, 6) is -0.113. The van der Waals surface area contributed by atoms with Crippen molar-refractivity contribution in [3.8, 4) is 0 Å². The van der Waals surface area contributed by atoms with Gasteiger partial charge in [0, 0.05) is 38.4 Å². The number of nitrogens with one attached hydrogen (secondary N) is 2. The number of hydrogen-bond donors (Lipinski definition) is 2. The average molecular weight is 497 g/mol. The summed E-state index contributed by atoms with van der Waals surface area (Å²) in [6.07, 6.45) is 1.43. The van der Waals surface area contributed by atoms with Gasteiger partial charge in [0.05, 0.1) is 11.2 Å². The number of aryl methyl sites for hydroxylation is 2. The van der Waals surface area contributed by atoms with Gasteiger partial charge in [0.1, 0.15) is 0 Å². The minimum Gasteiger partial charge on any atom is -0.459 e. The van der Waals surface area contributed by atoms with Crippen molar-refractivity contribution < 1.29 is 22.4 Å². The number of nitrogens with zero attached hydrogens (tertiary/aromatic N) is 2. The monoisotopic (exact) mass is 496 g/mol. The molecule has 35 heavy (non-hydrogen) atoms. The minimum absolute atomic E-state index is 0.225. The fourth-order valence-corrected chi connectivity index (χ4v) is 5.58. The summed E-state index contributed by atoms with van der Waals surface area (Å²) in [7, 11) is -3.60. The number of rotatable bonds is 6. The normalized spacial score (nSPS) is 14.5. The van der Waals surface area contributed by atoms with E-state index in [1.54, 1.807) is 48.2 Å². The van der Waals surface area contributed by atoms with Crippen LogP contribution in [-0.2, 0) is 16.6 Å². The molecular weight excluding hydrogens is 468 g/mol. The van der Waals surface area contributed by atoms with Gasteiger partial charge in [0.15, 0.2) is 5.76 Å². The van der Waals surface area contributed by atoms with E-state index in [9.17, 15) is 18.0 Å². The lowest BCUT2D eigenvalue weighted by Crippen LogP contribution is -2.53. The molecule has 1 aliphatic heterocycles. The smallest absolute Gasteiger partial charge is 0.317 e. The SMILES string of the molecule is Cc1ccc(S(=O)(=O)N2CCN(C(=O)NCc3ccc(NC(=O)c4ccco4)cc3)CC2)c(C)c1. The first-order valence-corrected chi connectivity index (χ1v) is 12.7. The molecule has 3 aromatic rings. The quantitative estimate of drug-likeness (QED) is 0.544. The van der Waals surface area contributed by atoms with Crippen molar-refractivity contribution in [2.24, 2.45) is 0 Å². The van der Waals surface area contributed by atoms with Gasteiger partial charge in [-0.1, -0.05) is 29.8 Å². The number of carbonyl (C=O) groups is 2. The molecule has 0 atom stereocenters. The Balaban J connectivity index is 1.26. The van der Waals surface area contributed by atoms with Crippen molar-refractivity contribution in [2.75, 3.05) is 31.5 Å². The number of carbonyl (C=O) groups excluding carboxylic acids is 2. The predicted molar refractivity (Wildman–Crippen MR) is 132 cm³/mol. The molecule has 0 spiro atoms. The summed E-state index contributed by atoms with van der Waals surface area (Å²) >= 11 is 0. The van der Waals surface area contributed by atoms with E-state index >= 15 is 0 Å². The third kappa shape index (κ3) is 5.72. The van der Waals surface area contributed by atoms with Gasteiger partial charge in [0.25, 0.3) is 5.91 Å². The highest BCUT2D eigenvalue weighted by Crippen LogP contribution is 2.22. The molecule has 0 aliphatic carbocycles. The summed E-state index contributed by atoms with van der Waals surface area (Å²) < 4.78 is 32.6. The molecule has 184 valence electrons. The molecule has 1 fully saturated rings. The molecule has 0 radical (unpaired) electrons. The summed E-state index contributed by atoms with van der Waals surface area (Å²) in [5.41, 5.74) is 3.21. The molecule has 1 aliphatic rings. The lowest BCUT2D eigenvalue weighted by Gasteiger charge is -2.34. The summed E-state index contributed by atoms with van der Waals surface area (Å²) in [6, 6.07) is 15.4. The first kappa shape index (κ1) is 24.5. The van der Waals surface area contributed by atoms with Crippen LogP contribution in [0.25, 0.3) is 0 Å². The molecule has 0 unspecified atom stereocenters. The van der Waals surface area contributed by atoms with Crippen LogP contribution in [0.2, 0.25) is 0 Å². The van der Waals surface area contributed by atoms with Crippen molar-refractivity contribution in [3.63, 3.8) is 0 Å². The second-order valence-corrected chi connectivity index (χ2v) is 10.4. The lowest BCUT2D eigenvalue weighted by molar-refractivity contribution is 0.0996. The van der Waals surface area contributed by atoms with Gasteiger partial charge in [-0.25, -0.2) is 13.2 Å². The summed E-state index contributed by atoms with van der Waals surface area (Å²) in [5, 5.41) is 5.61. The third-order valence-electron chi connectivity index (χ3n) is 5.87. The highest BCUT2D eigenvalue weighted by molar-refractivity contribution is 7.89. The Morgan fingerprint density at radius 3 is 2.31 bits per heavy atom. The molecule has 2 heterocycles. The number of urea groups is 1. The second-order valence-electron chi connectivity index (χ2n) is 8.45. The number of piperazine rings is 1. The van der Waals surface area contributed by atoms with Gasteiger partial charge in [-0.15, -0.1) is 0 Å². The topological polar surface area (TPSA) is 112 Å². The van der Waals surface area contributed by atoms with Crippen molar-refractivity contribution in [1.82, 2.24) is 14.5 Å². The Morgan fingerprint density at radius 1 is 0.971 bits per heavy atom. The minimum atomic E-state index is -3.60. The zero-order valence-electron chi connectivity index (χ0n) is 19.7.